The molecule has 0 aromatic carbocycles. The van der Waals surface area contributed by atoms with E-state index in [2.05, 4.69) is 5.10 Å². The second-order valence-electron chi connectivity index (χ2n) is 3.50. The van der Waals surface area contributed by atoms with Gasteiger partial charge in [-0.1, -0.05) is 11.6 Å². The maximum Gasteiger partial charge on any atom is 0.101 e. The van der Waals surface area contributed by atoms with Gasteiger partial charge in [0.2, 0.25) is 0 Å². The molecule has 13 heavy (non-hydrogen) atoms. The SMILES string of the molecule is CC(C)=CC(O)c1cnn(C)c1C. The highest BCUT2D eigenvalue weighted by Gasteiger charge is 2.10. The fourth-order valence-electron chi connectivity index (χ4n) is 1.21. The molecule has 1 rings (SSSR count). The minimum Gasteiger partial charge on any atom is -0.384 e. The van der Waals surface area contributed by atoms with Gasteiger partial charge in [0.05, 0.1) is 6.20 Å². The van der Waals surface area contributed by atoms with Crippen molar-refractivity contribution in [3.8, 4) is 0 Å². The summed E-state index contributed by atoms with van der Waals surface area (Å²) in [6, 6.07) is 0. The summed E-state index contributed by atoms with van der Waals surface area (Å²) in [5, 5.41) is 13.8. The van der Waals surface area contributed by atoms with Gasteiger partial charge >= 0.3 is 0 Å². The molecular formula is C10H16N2O. The number of nitrogens with zero attached hydrogens (tertiary/aromatic N) is 2. The maximum atomic E-state index is 9.76. The quantitative estimate of drug-likeness (QED) is 0.704. The molecular weight excluding hydrogens is 164 g/mol. The van der Waals surface area contributed by atoms with Crippen LogP contribution in [0.2, 0.25) is 0 Å². The molecule has 0 spiro atoms. The first-order valence-corrected chi connectivity index (χ1v) is 4.34. The van der Waals surface area contributed by atoms with Crippen molar-refractivity contribution < 1.29 is 5.11 Å². The van der Waals surface area contributed by atoms with E-state index in [1.165, 1.54) is 0 Å². The second kappa shape index (κ2) is 3.75. The predicted octanol–water partition coefficient (Wildman–Crippen LogP) is 1.73. The average molecular weight is 180 g/mol. The number of hydrogen-bond acceptors (Lipinski definition) is 2. The lowest BCUT2D eigenvalue weighted by atomic mass is 10.1. The van der Waals surface area contributed by atoms with Gasteiger partial charge < -0.3 is 5.11 Å². The Bertz CT molecular complexity index is 322. The van der Waals surface area contributed by atoms with Crippen molar-refractivity contribution in [2.75, 3.05) is 0 Å². The molecule has 1 N–H and O–H groups in total. The summed E-state index contributed by atoms with van der Waals surface area (Å²) in [5.74, 6) is 0. The smallest absolute Gasteiger partial charge is 0.101 e. The first kappa shape index (κ1) is 9.99. The van der Waals surface area contributed by atoms with Gasteiger partial charge in [-0.15, -0.1) is 0 Å². The summed E-state index contributed by atoms with van der Waals surface area (Å²) in [5.41, 5.74) is 2.99. The van der Waals surface area contributed by atoms with Crippen LogP contribution in [0, 0.1) is 6.92 Å². The van der Waals surface area contributed by atoms with Gasteiger partial charge in [-0.2, -0.15) is 5.10 Å². The van der Waals surface area contributed by atoms with E-state index in [-0.39, 0.29) is 0 Å². The summed E-state index contributed by atoms with van der Waals surface area (Å²) in [4.78, 5) is 0. The Hall–Kier alpha value is -1.09. The summed E-state index contributed by atoms with van der Waals surface area (Å²) in [7, 11) is 1.87. The largest absolute Gasteiger partial charge is 0.384 e. The molecule has 0 saturated carbocycles. The van der Waals surface area contributed by atoms with E-state index < -0.39 is 6.10 Å². The molecule has 0 aliphatic rings. The normalized spacial score (nSPS) is 12.7. The second-order valence-corrected chi connectivity index (χ2v) is 3.50. The Balaban J connectivity index is 2.95. The van der Waals surface area contributed by atoms with Crippen LogP contribution >= 0.6 is 0 Å². The molecule has 1 aromatic heterocycles. The molecule has 1 atom stereocenters. The topological polar surface area (TPSA) is 38.1 Å². The first-order valence-electron chi connectivity index (χ1n) is 4.34. The van der Waals surface area contributed by atoms with Gasteiger partial charge in [0.15, 0.2) is 0 Å². The van der Waals surface area contributed by atoms with Crippen LogP contribution in [-0.2, 0) is 7.05 Å². The van der Waals surface area contributed by atoms with Crippen molar-refractivity contribution in [3.63, 3.8) is 0 Å². The Morgan fingerprint density at radius 3 is 2.62 bits per heavy atom. The molecule has 1 unspecified atom stereocenters. The van der Waals surface area contributed by atoms with Gasteiger partial charge in [-0.25, -0.2) is 0 Å². The molecule has 0 amide bonds. The van der Waals surface area contributed by atoms with E-state index in [1.54, 1.807) is 10.9 Å². The Labute approximate surface area is 78.7 Å². The van der Waals surface area contributed by atoms with E-state index in [9.17, 15) is 5.11 Å². The first-order chi connectivity index (χ1) is 6.02. The summed E-state index contributed by atoms with van der Waals surface area (Å²) >= 11 is 0. The number of aromatic nitrogens is 2. The van der Waals surface area contributed by atoms with Crippen molar-refractivity contribution in [1.29, 1.82) is 0 Å². The number of aliphatic hydroxyl groups is 1. The zero-order chi connectivity index (χ0) is 10.0. The van der Waals surface area contributed by atoms with Crippen LogP contribution in [0.25, 0.3) is 0 Å². The molecule has 0 aliphatic carbocycles. The minimum absolute atomic E-state index is 0.529. The lowest BCUT2D eigenvalue weighted by Gasteiger charge is -2.05. The van der Waals surface area contributed by atoms with E-state index in [0.717, 1.165) is 16.8 Å². The van der Waals surface area contributed by atoms with Crippen molar-refractivity contribution in [1.82, 2.24) is 9.78 Å². The Kier molecular flexibility index (Phi) is 2.88. The summed E-state index contributed by atoms with van der Waals surface area (Å²) < 4.78 is 1.76. The number of allylic oxidation sites excluding steroid dienone is 1. The van der Waals surface area contributed by atoms with Crippen molar-refractivity contribution in [3.05, 3.63) is 29.1 Å². The van der Waals surface area contributed by atoms with E-state index in [0.29, 0.717) is 0 Å². The number of aryl methyl sites for hydroxylation is 1. The monoisotopic (exact) mass is 180 g/mol. The summed E-state index contributed by atoms with van der Waals surface area (Å²) in [6.07, 6.45) is 3.00. The van der Waals surface area contributed by atoms with E-state index in [1.807, 2.05) is 33.9 Å². The minimum atomic E-state index is -0.529. The van der Waals surface area contributed by atoms with Crippen molar-refractivity contribution >= 4 is 0 Å². The Morgan fingerprint density at radius 1 is 1.62 bits per heavy atom. The summed E-state index contributed by atoms with van der Waals surface area (Å²) in [6.45, 7) is 5.88. The van der Waals surface area contributed by atoms with Gasteiger partial charge in [0.25, 0.3) is 0 Å². The number of aliphatic hydroxyl groups excluding tert-OH is 1. The fourth-order valence-corrected chi connectivity index (χ4v) is 1.21. The van der Waals surface area contributed by atoms with Crippen molar-refractivity contribution in [2.45, 2.75) is 26.9 Å². The van der Waals surface area contributed by atoms with Crippen molar-refractivity contribution in [2.24, 2.45) is 7.05 Å². The third kappa shape index (κ3) is 2.18. The van der Waals surface area contributed by atoms with Gasteiger partial charge in [-0.3, -0.25) is 4.68 Å². The molecule has 0 saturated heterocycles. The lowest BCUT2D eigenvalue weighted by molar-refractivity contribution is 0.227. The van der Waals surface area contributed by atoms with Crippen LogP contribution in [0.15, 0.2) is 17.8 Å². The predicted molar refractivity (Wildman–Crippen MR) is 52.3 cm³/mol. The molecule has 0 fully saturated rings. The molecule has 3 nitrogen and oxygen atoms in total. The highest BCUT2D eigenvalue weighted by atomic mass is 16.3. The average Bonchev–Trinajstić information content (AvgIpc) is 2.31. The van der Waals surface area contributed by atoms with Crippen LogP contribution in [-0.4, -0.2) is 14.9 Å². The standard InChI is InChI=1S/C10H16N2O/c1-7(2)5-10(13)9-6-11-12(4)8(9)3/h5-6,10,13H,1-4H3. The number of rotatable bonds is 2. The fraction of sp³-hybridized carbons (Fsp3) is 0.500. The number of hydrogen-bond donors (Lipinski definition) is 1. The molecule has 72 valence electrons. The van der Waals surface area contributed by atoms with Crippen LogP contribution in [0.4, 0.5) is 0 Å². The molecule has 0 bridgehead atoms. The zero-order valence-electron chi connectivity index (χ0n) is 8.57. The molecule has 0 aliphatic heterocycles. The van der Waals surface area contributed by atoms with E-state index in [4.69, 9.17) is 0 Å². The van der Waals surface area contributed by atoms with E-state index >= 15 is 0 Å². The molecule has 0 radical (unpaired) electrons. The lowest BCUT2D eigenvalue weighted by Crippen LogP contribution is -1.98. The van der Waals surface area contributed by atoms with Crippen LogP contribution < -0.4 is 0 Å². The molecule has 1 heterocycles. The van der Waals surface area contributed by atoms with Crippen LogP contribution in [0.5, 0.6) is 0 Å². The highest BCUT2D eigenvalue weighted by Crippen LogP contribution is 2.18. The van der Waals surface area contributed by atoms with Crippen LogP contribution in [0.3, 0.4) is 0 Å². The molecule has 3 heteroatoms. The highest BCUT2D eigenvalue weighted by molar-refractivity contribution is 5.23. The zero-order valence-corrected chi connectivity index (χ0v) is 8.57. The molecule has 1 aromatic rings. The van der Waals surface area contributed by atoms with Crippen LogP contribution in [0.1, 0.15) is 31.2 Å². The third-order valence-corrected chi connectivity index (χ3v) is 2.08. The van der Waals surface area contributed by atoms with Gasteiger partial charge in [0.1, 0.15) is 6.10 Å². The van der Waals surface area contributed by atoms with Gasteiger partial charge in [-0.05, 0) is 20.8 Å². The maximum absolute atomic E-state index is 9.76. The Morgan fingerprint density at radius 2 is 2.23 bits per heavy atom. The third-order valence-electron chi connectivity index (χ3n) is 2.08. The van der Waals surface area contributed by atoms with Gasteiger partial charge in [0, 0.05) is 18.3 Å².